The van der Waals surface area contributed by atoms with E-state index in [9.17, 15) is 4.79 Å². The zero-order valence-corrected chi connectivity index (χ0v) is 25.4. The highest BCUT2D eigenvalue weighted by Crippen LogP contribution is 2.67. The summed E-state index contributed by atoms with van der Waals surface area (Å²) in [6.45, 7) is 13.7. The lowest BCUT2D eigenvalue weighted by Crippen LogP contribution is -2.52. The van der Waals surface area contributed by atoms with Gasteiger partial charge in [-0.1, -0.05) is 66.0 Å². The summed E-state index contributed by atoms with van der Waals surface area (Å²) in [5.74, 6) is 5.48. The van der Waals surface area contributed by atoms with Crippen molar-refractivity contribution in [3.05, 3.63) is 12.2 Å². The van der Waals surface area contributed by atoms with Crippen molar-refractivity contribution in [2.45, 2.75) is 105 Å². The lowest BCUT2D eigenvalue weighted by molar-refractivity contribution is -0.870. The lowest BCUT2D eigenvalue weighted by atomic mass is 9.46. The molecule has 4 aliphatic rings. The van der Waals surface area contributed by atoms with Gasteiger partial charge in [-0.15, -0.1) is 0 Å². The van der Waals surface area contributed by atoms with Gasteiger partial charge in [0.15, 0.2) is 0 Å². The molecule has 0 saturated heterocycles. The van der Waals surface area contributed by atoms with E-state index in [1.807, 2.05) is 0 Å². The number of likely N-dealkylation sites (N-methyl/N-ethyl adjacent to an activating group) is 1. The number of fused-ring (bicyclic) bond motifs is 5. The first kappa shape index (κ1) is 29.0. The lowest BCUT2D eigenvalue weighted by Gasteiger charge is -2.59. The van der Waals surface area contributed by atoms with E-state index in [-0.39, 0.29) is 6.10 Å². The zero-order chi connectivity index (χ0) is 27.0. The van der Waals surface area contributed by atoms with Crippen LogP contribution in [0.15, 0.2) is 12.2 Å². The molecule has 212 valence electrons. The van der Waals surface area contributed by atoms with Crippen molar-refractivity contribution < 1.29 is 18.8 Å². The van der Waals surface area contributed by atoms with Crippen molar-refractivity contribution in [1.29, 1.82) is 0 Å². The third-order valence-electron chi connectivity index (χ3n) is 11.6. The normalized spacial score (nSPS) is 40.0. The number of carbonyl (C=O) groups is 1. The third kappa shape index (κ3) is 6.25. The second-order valence-electron chi connectivity index (χ2n) is 15.4. The Kier molecular flexibility index (Phi) is 8.78. The number of rotatable bonds is 9. The molecule has 0 heterocycles. The predicted molar refractivity (Wildman–Crippen MR) is 152 cm³/mol. The van der Waals surface area contributed by atoms with E-state index in [2.05, 4.69) is 67.9 Å². The predicted octanol–water partition coefficient (Wildman–Crippen LogP) is 8.11. The van der Waals surface area contributed by atoms with Crippen molar-refractivity contribution in [2.75, 3.05) is 34.3 Å². The SMILES string of the molecule is CC(C)CCCC(C)C1CCC2C3C=CC4CC(OC(=O)OCC[N+](C)(C)C)CCC4(C)C3CCC12C. The Morgan fingerprint density at radius 3 is 2.35 bits per heavy atom. The summed E-state index contributed by atoms with van der Waals surface area (Å²) in [5.41, 5.74) is 0.858. The van der Waals surface area contributed by atoms with Crippen LogP contribution in [-0.2, 0) is 9.47 Å². The molecule has 4 heteroatoms. The van der Waals surface area contributed by atoms with Crippen molar-refractivity contribution in [2.24, 2.45) is 52.3 Å². The minimum Gasteiger partial charge on any atom is -0.431 e. The number of ether oxygens (including phenoxy) is 2. The maximum Gasteiger partial charge on any atom is 0.508 e. The molecule has 4 nitrogen and oxygen atoms in total. The number of nitrogens with zero attached hydrogens (tertiary/aromatic N) is 1. The molecule has 4 rings (SSSR count). The van der Waals surface area contributed by atoms with Crippen LogP contribution in [-0.4, -0.2) is 51.0 Å². The third-order valence-corrected chi connectivity index (χ3v) is 11.6. The van der Waals surface area contributed by atoms with Crippen LogP contribution in [0.2, 0.25) is 0 Å². The molecule has 0 aromatic rings. The van der Waals surface area contributed by atoms with E-state index < -0.39 is 6.16 Å². The standard InChI is InChI=1S/C33H58NO3/c1-23(2)10-9-11-24(3)28-14-15-29-27-13-12-25-22-26(37-31(35)36-21-20-34(6,7)8)16-18-32(25,4)30(27)17-19-33(28,29)5/h12-13,23-30H,9-11,14-22H2,1-8H3/q+1. The van der Waals surface area contributed by atoms with Gasteiger partial charge in [0.1, 0.15) is 19.3 Å². The molecule has 37 heavy (non-hydrogen) atoms. The molecule has 3 fully saturated rings. The van der Waals surface area contributed by atoms with Gasteiger partial charge in [-0.05, 0) is 97.2 Å². The van der Waals surface area contributed by atoms with E-state index in [1.54, 1.807) is 0 Å². The fourth-order valence-electron chi connectivity index (χ4n) is 9.29. The summed E-state index contributed by atoms with van der Waals surface area (Å²) < 4.78 is 12.0. The van der Waals surface area contributed by atoms with Gasteiger partial charge >= 0.3 is 6.16 Å². The molecule has 0 aromatic heterocycles. The van der Waals surface area contributed by atoms with Crippen LogP contribution in [0.4, 0.5) is 4.79 Å². The Morgan fingerprint density at radius 2 is 1.65 bits per heavy atom. The van der Waals surface area contributed by atoms with Crippen molar-refractivity contribution >= 4 is 6.16 Å². The van der Waals surface area contributed by atoms with E-state index >= 15 is 0 Å². The molecule has 9 atom stereocenters. The molecule has 0 spiro atoms. The number of carbonyl (C=O) groups excluding carboxylic acids is 1. The smallest absolute Gasteiger partial charge is 0.431 e. The summed E-state index contributed by atoms with van der Waals surface area (Å²) in [4.78, 5) is 12.3. The van der Waals surface area contributed by atoms with Crippen LogP contribution in [0.3, 0.4) is 0 Å². The molecular formula is C33H58NO3+. The Labute approximate surface area is 228 Å². The number of hydrogen-bond acceptors (Lipinski definition) is 3. The molecule has 4 aliphatic carbocycles. The van der Waals surface area contributed by atoms with Gasteiger partial charge in [0, 0.05) is 0 Å². The zero-order valence-electron chi connectivity index (χ0n) is 25.4. The summed E-state index contributed by atoms with van der Waals surface area (Å²) in [6.07, 6.45) is 17.6. The molecule has 3 saturated carbocycles. The number of hydrogen-bond donors (Lipinski definition) is 0. The Morgan fingerprint density at radius 1 is 0.946 bits per heavy atom. The topological polar surface area (TPSA) is 35.5 Å². The minimum atomic E-state index is -0.479. The first-order valence-corrected chi connectivity index (χ1v) is 15.7. The fourth-order valence-corrected chi connectivity index (χ4v) is 9.29. The molecular weight excluding hydrogens is 458 g/mol. The summed E-state index contributed by atoms with van der Waals surface area (Å²) in [5, 5.41) is 0. The summed E-state index contributed by atoms with van der Waals surface area (Å²) in [7, 11) is 6.31. The van der Waals surface area contributed by atoms with Crippen molar-refractivity contribution in [3.63, 3.8) is 0 Å². The molecule has 0 aliphatic heterocycles. The van der Waals surface area contributed by atoms with E-state index in [4.69, 9.17) is 9.47 Å². The van der Waals surface area contributed by atoms with Gasteiger partial charge in [0.05, 0.1) is 21.1 Å². The monoisotopic (exact) mass is 516 g/mol. The van der Waals surface area contributed by atoms with Gasteiger partial charge in [0.25, 0.3) is 0 Å². The second kappa shape index (κ2) is 11.2. The highest BCUT2D eigenvalue weighted by atomic mass is 16.7. The maximum absolute atomic E-state index is 12.3. The molecule has 0 N–H and O–H groups in total. The first-order chi connectivity index (χ1) is 17.3. The van der Waals surface area contributed by atoms with Crippen molar-refractivity contribution in [3.8, 4) is 0 Å². The molecule has 9 unspecified atom stereocenters. The van der Waals surface area contributed by atoms with Crippen LogP contribution in [0.25, 0.3) is 0 Å². The molecule has 0 radical (unpaired) electrons. The van der Waals surface area contributed by atoms with Gasteiger partial charge in [-0.3, -0.25) is 0 Å². The Balaban J connectivity index is 1.36. The van der Waals surface area contributed by atoms with Crippen LogP contribution < -0.4 is 0 Å². The van der Waals surface area contributed by atoms with Gasteiger partial charge in [0.2, 0.25) is 0 Å². The van der Waals surface area contributed by atoms with Gasteiger partial charge < -0.3 is 14.0 Å². The van der Waals surface area contributed by atoms with E-state index in [0.29, 0.717) is 23.4 Å². The molecule has 0 amide bonds. The largest absolute Gasteiger partial charge is 0.508 e. The maximum atomic E-state index is 12.3. The average molecular weight is 517 g/mol. The van der Waals surface area contributed by atoms with Crippen LogP contribution >= 0.6 is 0 Å². The number of allylic oxidation sites excluding steroid dienone is 2. The van der Waals surface area contributed by atoms with Crippen LogP contribution in [0.5, 0.6) is 0 Å². The average Bonchev–Trinajstić information content (AvgIpc) is 3.15. The highest BCUT2D eigenvalue weighted by molar-refractivity contribution is 5.60. The second-order valence-corrected chi connectivity index (χ2v) is 15.4. The fraction of sp³-hybridized carbons (Fsp3) is 0.909. The van der Waals surface area contributed by atoms with Gasteiger partial charge in [-0.25, -0.2) is 4.79 Å². The molecule has 0 bridgehead atoms. The summed E-state index contributed by atoms with van der Waals surface area (Å²) in [6, 6.07) is 0. The van der Waals surface area contributed by atoms with Crippen LogP contribution in [0.1, 0.15) is 98.8 Å². The van der Waals surface area contributed by atoms with E-state index in [0.717, 1.165) is 59.4 Å². The first-order valence-electron chi connectivity index (χ1n) is 15.7. The number of quaternary nitrogens is 1. The molecule has 0 aromatic carbocycles. The van der Waals surface area contributed by atoms with E-state index in [1.165, 1.54) is 51.4 Å². The van der Waals surface area contributed by atoms with Gasteiger partial charge in [-0.2, -0.15) is 0 Å². The van der Waals surface area contributed by atoms with Crippen LogP contribution in [0, 0.1) is 52.3 Å². The minimum absolute atomic E-state index is 0.00712. The Hall–Kier alpha value is -1.03. The summed E-state index contributed by atoms with van der Waals surface area (Å²) >= 11 is 0. The Bertz CT molecular complexity index is 815. The highest BCUT2D eigenvalue weighted by Gasteiger charge is 2.59. The quantitative estimate of drug-likeness (QED) is 0.176. The van der Waals surface area contributed by atoms with Crippen molar-refractivity contribution in [1.82, 2.24) is 0 Å².